The number of aliphatic hydroxyl groups excluding tert-OH is 1. The first-order valence-electron chi connectivity index (χ1n) is 6.15. The topological polar surface area (TPSA) is 66.4 Å². The first-order valence-corrected chi connectivity index (χ1v) is 7.63. The van der Waals surface area contributed by atoms with Crippen molar-refractivity contribution in [2.24, 2.45) is 0 Å². The van der Waals surface area contributed by atoms with Crippen LogP contribution in [0.25, 0.3) is 0 Å². The molecule has 2 N–H and O–H groups in total. The lowest BCUT2D eigenvalue weighted by atomic mass is 10.1. The van der Waals surface area contributed by atoms with Crippen molar-refractivity contribution < 1.29 is 13.5 Å². The van der Waals surface area contributed by atoms with Crippen LogP contribution in [0.3, 0.4) is 0 Å². The van der Waals surface area contributed by atoms with Crippen LogP contribution in [0.5, 0.6) is 0 Å². The molecular formula is C13H21NO3S. The van der Waals surface area contributed by atoms with Gasteiger partial charge in [0.05, 0.1) is 4.90 Å². The molecule has 1 aromatic carbocycles. The van der Waals surface area contributed by atoms with E-state index in [4.69, 9.17) is 5.11 Å². The van der Waals surface area contributed by atoms with E-state index < -0.39 is 10.0 Å². The van der Waals surface area contributed by atoms with E-state index in [9.17, 15) is 8.42 Å². The second kappa shape index (κ2) is 6.87. The summed E-state index contributed by atoms with van der Waals surface area (Å²) >= 11 is 0. The van der Waals surface area contributed by atoms with Crippen LogP contribution >= 0.6 is 0 Å². The van der Waals surface area contributed by atoms with Crippen molar-refractivity contribution in [1.82, 2.24) is 4.72 Å². The monoisotopic (exact) mass is 271 g/mol. The minimum atomic E-state index is -3.40. The molecule has 0 aliphatic carbocycles. The van der Waals surface area contributed by atoms with Crippen molar-refractivity contribution in [2.75, 3.05) is 13.2 Å². The maximum absolute atomic E-state index is 12.0. The minimum Gasteiger partial charge on any atom is -0.396 e. The highest BCUT2D eigenvalue weighted by Gasteiger charge is 2.13. The van der Waals surface area contributed by atoms with Crippen molar-refractivity contribution in [3.8, 4) is 0 Å². The molecule has 0 heterocycles. The Kier molecular flexibility index (Phi) is 5.78. The molecule has 18 heavy (non-hydrogen) atoms. The number of aliphatic hydroxyl groups is 1. The smallest absolute Gasteiger partial charge is 0.240 e. The fourth-order valence-electron chi connectivity index (χ4n) is 1.58. The van der Waals surface area contributed by atoms with Gasteiger partial charge >= 0.3 is 0 Å². The van der Waals surface area contributed by atoms with Gasteiger partial charge in [-0.25, -0.2) is 13.1 Å². The van der Waals surface area contributed by atoms with Crippen LogP contribution in [0.15, 0.2) is 23.1 Å². The zero-order chi connectivity index (χ0) is 13.6. The molecule has 0 aromatic heterocycles. The molecule has 0 unspecified atom stereocenters. The van der Waals surface area contributed by atoms with E-state index in [0.29, 0.717) is 17.9 Å². The third kappa shape index (κ3) is 4.40. The highest BCUT2D eigenvalue weighted by atomic mass is 32.2. The Labute approximate surface area is 109 Å². The van der Waals surface area contributed by atoms with Gasteiger partial charge in [0.15, 0.2) is 0 Å². The van der Waals surface area contributed by atoms with Crippen LogP contribution in [0.2, 0.25) is 0 Å². The summed E-state index contributed by atoms with van der Waals surface area (Å²) in [6.07, 6.45) is 2.28. The molecule has 1 aromatic rings. The second-order valence-corrected chi connectivity index (χ2v) is 6.20. The maximum atomic E-state index is 12.0. The number of hydrogen-bond acceptors (Lipinski definition) is 3. The first kappa shape index (κ1) is 15.1. The first-order chi connectivity index (χ1) is 8.47. The normalized spacial score (nSPS) is 11.7. The summed E-state index contributed by atoms with van der Waals surface area (Å²) < 4.78 is 26.5. The second-order valence-electron chi connectivity index (χ2n) is 4.43. The van der Waals surface area contributed by atoms with Crippen molar-refractivity contribution in [2.45, 2.75) is 38.0 Å². The molecule has 0 aliphatic rings. The predicted octanol–water partition coefficient (Wildman–Crippen LogP) is 1.74. The highest BCUT2D eigenvalue weighted by molar-refractivity contribution is 7.89. The van der Waals surface area contributed by atoms with E-state index in [1.807, 2.05) is 19.9 Å². The number of unbranched alkanes of at least 4 members (excludes halogenated alkanes) is 2. The average molecular weight is 271 g/mol. The lowest BCUT2D eigenvalue weighted by molar-refractivity contribution is 0.283. The Hall–Kier alpha value is -0.910. The zero-order valence-electron chi connectivity index (χ0n) is 10.9. The fraction of sp³-hybridized carbons (Fsp3) is 0.538. The van der Waals surface area contributed by atoms with E-state index in [2.05, 4.69) is 4.72 Å². The zero-order valence-corrected chi connectivity index (χ0v) is 11.8. The van der Waals surface area contributed by atoms with Crippen LogP contribution in [0, 0.1) is 13.8 Å². The summed E-state index contributed by atoms with van der Waals surface area (Å²) in [4.78, 5) is 0.313. The summed E-state index contributed by atoms with van der Waals surface area (Å²) in [5.41, 5.74) is 2.05. The summed E-state index contributed by atoms with van der Waals surface area (Å²) in [6.45, 7) is 4.42. The number of benzene rings is 1. The van der Waals surface area contributed by atoms with Crippen molar-refractivity contribution >= 4 is 10.0 Å². The molecule has 0 fully saturated rings. The van der Waals surface area contributed by atoms with Gasteiger partial charge in [-0.15, -0.1) is 0 Å². The SMILES string of the molecule is Cc1ccc(S(=O)(=O)NCCCCCO)cc1C. The molecule has 0 atom stereocenters. The Balaban J connectivity index is 2.60. The maximum Gasteiger partial charge on any atom is 0.240 e. The Bertz CT molecular complexity index is 483. The summed E-state index contributed by atoms with van der Waals surface area (Å²) in [5.74, 6) is 0. The number of nitrogens with one attached hydrogen (secondary N) is 1. The van der Waals surface area contributed by atoms with Gasteiger partial charge in [-0.05, 0) is 56.4 Å². The lowest BCUT2D eigenvalue weighted by Crippen LogP contribution is -2.24. The summed E-state index contributed by atoms with van der Waals surface area (Å²) in [7, 11) is -3.40. The molecule has 102 valence electrons. The molecule has 0 saturated heterocycles. The lowest BCUT2D eigenvalue weighted by Gasteiger charge is -2.08. The average Bonchev–Trinajstić information content (AvgIpc) is 2.32. The molecule has 0 radical (unpaired) electrons. The highest BCUT2D eigenvalue weighted by Crippen LogP contribution is 2.14. The van der Waals surface area contributed by atoms with Gasteiger partial charge in [-0.3, -0.25) is 0 Å². The van der Waals surface area contributed by atoms with E-state index >= 15 is 0 Å². The third-order valence-electron chi connectivity index (χ3n) is 2.92. The quantitative estimate of drug-likeness (QED) is 0.742. The van der Waals surface area contributed by atoms with Crippen molar-refractivity contribution in [1.29, 1.82) is 0 Å². The van der Waals surface area contributed by atoms with E-state index in [0.717, 1.165) is 24.0 Å². The predicted molar refractivity (Wildman–Crippen MR) is 72.0 cm³/mol. The van der Waals surface area contributed by atoms with E-state index in [1.165, 1.54) is 0 Å². The Morgan fingerprint density at radius 2 is 1.83 bits per heavy atom. The van der Waals surface area contributed by atoms with Gasteiger partial charge in [0.1, 0.15) is 0 Å². The molecular weight excluding hydrogens is 250 g/mol. The van der Waals surface area contributed by atoms with Crippen molar-refractivity contribution in [3.05, 3.63) is 29.3 Å². The van der Waals surface area contributed by atoms with Gasteiger partial charge in [-0.2, -0.15) is 0 Å². The van der Waals surface area contributed by atoms with Crippen LogP contribution in [-0.4, -0.2) is 26.7 Å². The third-order valence-corrected chi connectivity index (χ3v) is 4.37. The Morgan fingerprint density at radius 1 is 1.11 bits per heavy atom. The molecule has 0 amide bonds. The standard InChI is InChI=1S/C13H21NO3S/c1-11-6-7-13(10-12(11)2)18(16,17)14-8-4-3-5-9-15/h6-7,10,14-15H,3-5,8-9H2,1-2H3. The van der Waals surface area contributed by atoms with Gasteiger partial charge < -0.3 is 5.11 Å². The van der Waals surface area contributed by atoms with Gasteiger partial charge in [-0.1, -0.05) is 6.07 Å². The van der Waals surface area contributed by atoms with Gasteiger partial charge in [0, 0.05) is 13.2 Å². The number of aryl methyl sites for hydroxylation is 2. The Morgan fingerprint density at radius 3 is 2.44 bits per heavy atom. The number of rotatable bonds is 7. The molecule has 0 bridgehead atoms. The number of hydrogen-bond donors (Lipinski definition) is 2. The minimum absolute atomic E-state index is 0.157. The number of sulfonamides is 1. The largest absolute Gasteiger partial charge is 0.396 e. The molecule has 0 aliphatic heterocycles. The molecule has 4 nitrogen and oxygen atoms in total. The van der Waals surface area contributed by atoms with Crippen LogP contribution in [-0.2, 0) is 10.0 Å². The summed E-state index contributed by atoms with van der Waals surface area (Å²) in [6, 6.07) is 5.12. The van der Waals surface area contributed by atoms with Crippen LogP contribution < -0.4 is 4.72 Å². The van der Waals surface area contributed by atoms with Crippen molar-refractivity contribution in [3.63, 3.8) is 0 Å². The van der Waals surface area contributed by atoms with E-state index in [-0.39, 0.29) is 6.61 Å². The molecule has 5 heteroatoms. The van der Waals surface area contributed by atoms with Gasteiger partial charge in [0.2, 0.25) is 10.0 Å². The summed E-state index contributed by atoms with van der Waals surface area (Å²) in [5, 5.41) is 8.62. The molecule has 0 saturated carbocycles. The van der Waals surface area contributed by atoms with Gasteiger partial charge in [0.25, 0.3) is 0 Å². The fourth-order valence-corrected chi connectivity index (χ4v) is 2.74. The van der Waals surface area contributed by atoms with Crippen LogP contribution in [0.1, 0.15) is 30.4 Å². The molecule has 0 spiro atoms. The van der Waals surface area contributed by atoms with E-state index in [1.54, 1.807) is 12.1 Å². The molecule has 1 rings (SSSR count). The van der Waals surface area contributed by atoms with Crippen LogP contribution in [0.4, 0.5) is 0 Å².